The van der Waals surface area contributed by atoms with Gasteiger partial charge in [-0.15, -0.1) is 0 Å². The van der Waals surface area contributed by atoms with E-state index in [1.54, 1.807) is 6.07 Å². The molecule has 0 radical (unpaired) electrons. The summed E-state index contributed by atoms with van der Waals surface area (Å²) in [7, 11) is 0. The maximum Gasteiger partial charge on any atom is 0.204 e. The van der Waals surface area contributed by atoms with E-state index in [0.29, 0.717) is 5.39 Å². The van der Waals surface area contributed by atoms with Crippen molar-refractivity contribution < 1.29 is 14.3 Å². The van der Waals surface area contributed by atoms with Crippen molar-refractivity contribution in [2.45, 2.75) is 6.92 Å². The Hall–Kier alpha value is -2.28. The van der Waals surface area contributed by atoms with Gasteiger partial charge in [-0.2, -0.15) is 5.26 Å². The topological polar surface area (TPSA) is 74.2 Å². The molecule has 1 heterocycles. The Morgan fingerprint density at radius 1 is 1.53 bits per heavy atom. The van der Waals surface area contributed by atoms with Crippen LogP contribution in [0.3, 0.4) is 0 Å². The number of phenols is 1. The Balaban J connectivity index is 2.87. The van der Waals surface area contributed by atoms with Crippen molar-refractivity contribution in [3.63, 3.8) is 0 Å². The number of nitrogens with zero attached hydrogens (tertiary/aromatic N) is 1. The van der Waals surface area contributed by atoms with Gasteiger partial charge in [0, 0.05) is 11.5 Å². The molecule has 0 aliphatic carbocycles. The first-order chi connectivity index (χ1) is 7.13. The number of furan rings is 1. The molecule has 15 heavy (non-hydrogen) atoms. The lowest BCUT2D eigenvalue weighted by Crippen LogP contribution is -1.92. The van der Waals surface area contributed by atoms with E-state index >= 15 is 0 Å². The molecule has 2 rings (SSSR count). The van der Waals surface area contributed by atoms with Crippen LogP contribution in [0.4, 0.5) is 0 Å². The van der Waals surface area contributed by atoms with E-state index in [4.69, 9.17) is 9.68 Å². The molecule has 1 aromatic heterocycles. The second kappa shape index (κ2) is 3.14. The second-order valence-electron chi connectivity index (χ2n) is 3.16. The van der Waals surface area contributed by atoms with Crippen molar-refractivity contribution in [2.75, 3.05) is 0 Å². The zero-order valence-corrected chi connectivity index (χ0v) is 7.94. The molecule has 1 aromatic carbocycles. The van der Waals surface area contributed by atoms with E-state index < -0.39 is 0 Å². The maximum atomic E-state index is 11.3. The average molecular weight is 201 g/mol. The Kier molecular flexibility index (Phi) is 1.94. The van der Waals surface area contributed by atoms with Crippen LogP contribution in [0.15, 0.2) is 22.6 Å². The molecule has 0 unspecified atom stereocenters. The molecular formula is C11H7NO3. The SMILES string of the molecule is CC(=O)c1c(O)ccc2cc(C#N)oc12. The highest BCUT2D eigenvalue weighted by molar-refractivity contribution is 6.07. The molecular weight excluding hydrogens is 194 g/mol. The summed E-state index contributed by atoms with van der Waals surface area (Å²) in [6, 6.07) is 6.38. The summed E-state index contributed by atoms with van der Waals surface area (Å²) < 4.78 is 5.15. The first-order valence-corrected chi connectivity index (χ1v) is 4.30. The summed E-state index contributed by atoms with van der Waals surface area (Å²) in [6.07, 6.45) is 0. The van der Waals surface area contributed by atoms with E-state index in [0.717, 1.165) is 0 Å². The third-order valence-corrected chi connectivity index (χ3v) is 2.13. The molecule has 0 saturated heterocycles. The Bertz CT molecular complexity index is 590. The van der Waals surface area contributed by atoms with Gasteiger partial charge in [0.1, 0.15) is 23.0 Å². The van der Waals surface area contributed by atoms with E-state index in [9.17, 15) is 9.90 Å². The summed E-state index contributed by atoms with van der Waals surface area (Å²) in [5.41, 5.74) is 0.382. The Morgan fingerprint density at radius 3 is 2.87 bits per heavy atom. The van der Waals surface area contributed by atoms with Gasteiger partial charge >= 0.3 is 0 Å². The number of carbonyl (C=O) groups is 1. The third-order valence-electron chi connectivity index (χ3n) is 2.13. The lowest BCUT2D eigenvalue weighted by Gasteiger charge is -1.99. The van der Waals surface area contributed by atoms with Gasteiger partial charge in [-0.3, -0.25) is 4.79 Å². The molecule has 0 aliphatic heterocycles. The zero-order valence-electron chi connectivity index (χ0n) is 7.94. The van der Waals surface area contributed by atoms with Gasteiger partial charge < -0.3 is 9.52 Å². The van der Waals surface area contributed by atoms with Crippen molar-refractivity contribution in [1.29, 1.82) is 5.26 Å². The van der Waals surface area contributed by atoms with Gasteiger partial charge in [-0.25, -0.2) is 0 Å². The van der Waals surface area contributed by atoms with E-state index in [1.807, 2.05) is 6.07 Å². The van der Waals surface area contributed by atoms with Gasteiger partial charge in [0.05, 0.1) is 0 Å². The number of Topliss-reactive ketones (excluding diaryl/α,β-unsaturated/α-hetero) is 1. The monoisotopic (exact) mass is 201 g/mol. The van der Waals surface area contributed by atoms with Crippen LogP contribution in [0.1, 0.15) is 23.0 Å². The van der Waals surface area contributed by atoms with Gasteiger partial charge in [0.2, 0.25) is 5.76 Å². The fourth-order valence-corrected chi connectivity index (χ4v) is 1.49. The number of carbonyl (C=O) groups excluding carboxylic acids is 1. The lowest BCUT2D eigenvalue weighted by atomic mass is 10.1. The van der Waals surface area contributed by atoms with Crippen molar-refractivity contribution in [3.05, 3.63) is 29.5 Å². The number of fused-ring (bicyclic) bond motifs is 1. The number of benzene rings is 1. The van der Waals surface area contributed by atoms with Gasteiger partial charge in [0.25, 0.3) is 0 Å². The number of phenolic OH excluding ortho intramolecular Hbond substituents is 1. The first kappa shape index (κ1) is 9.28. The quantitative estimate of drug-likeness (QED) is 0.718. The van der Waals surface area contributed by atoms with Gasteiger partial charge in [0.15, 0.2) is 5.78 Å². The lowest BCUT2D eigenvalue weighted by molar-refractivity contribution is 0.101. The smallest absolute Gasteiger partial charge is 0.204 e. The molecule has 1 N–H and O–H groups in total. The molecule has 2 aromatic rings. The fourth-order valence-electron chi connectivity index (χ4n) is 1.49. The van der Waals surface area contributed by atoms with E-state index in [1.165, 1.54) is 19.1 Å². The summed E-state index contributed by atoms with van der Waals surface area (Å²) in [5.74, 6) is -0.302. The number of ketones is 1. The minimum atomic E-state index is -0.295. The van der Waals surface area contributed by atoms with E-state index in [-0.39, 0.29) is 28.4 Å². The number of hydrogen-bond acceptors (Lipinski definition) is 4. The van der Waals surface area contributed by atoms with Crippen molar-refractivity contribution >= 4 is 16.8 Å². The molecule has 0 aliphatic rings. The van der Waals surface area contributed by atoms with Crippen LogP contribution in [0, 0.1) is 11.3 Å². The normalized spacial score (nSPS) is 10.1. The van der Waals surface area contributed by atoms with Crippen LogP contribution in [0.2, 0.25) is 0 Å². The zero-order chi connectivity index (χ0) is 11.0. The number of aromatic hydroxyl groups is 1. The summed E-state index contributed by atoms with van der Waals surface area (Å²) in [5, 5.41) is 18.8. The fraction of sp³-hybridized carbons (Fsp3) is 0.0909. The summed E-state index contributed by atoms with van der Waals surface area (Å²) >= 11 is 0. The molecule has 0 atom stereocenters. The van der Waals surface area contributed by atoms with Crippen LogP contribution < -0.4 is 0 Å². The number of hydrogen-bond donors (Lipinski definition) is 1. The van der Waals surface area contributed by atoms with Crippen LogP contribution in [0.25, 0.3) is 11.0 Å². The maximum absolute atomic E-state index is 11.3. The number of rotatable bonds is 1. The minimum Gasteiger partial charge on any atom is -0.507 e. The highest BCUT2D eigenvalue weighted by Gasteiger charge is 2.15. The Morgan fingerprint density at radius 2 is 2.27 bits per heavy atom. The average Bonchev–Trinajstić information content (AvgIpc) is 2.59. The second-order valence-corrected chi connectivity index (χ2v) is 3.16. The molecule has 0 saturated carbocycles. The molecule has 74 valence electrons. The minimum absolute atomic E-state index is 0.119. The molecule has 0 spiro atoms. The largest absolute Gasteiger partial charge is 0.507 e. The molecule has 0 amide bonds. The molecule has 4 nitrogen and oxygen atoms in total. The molecule has 0 fully saturated rings. The third kappa shape index (κ3) is 1.34. The standard InChI is InChI=1S/C11H7NO3/c1-6(13)10-9(14)3-2-7-4-8(5-12)15-11(7)10/h2-4,14H,1H3. The first-order valence-electron chi connectivity index (χ1n) is 4.30. The van der Waals surface area contributed by atoms with Crippen LogP contribution in [-0.4, -0.2) is 10.9 Å². The Labute approximate surface area is 85.4 Å². The van der Waals surface area contributed by atoms with Crippen LogP contribution in [0.5, 0.6) is 5.75 Å². The van der Waals surface area contributed by atoms with Gasteiger partial charge in [-0.1, -0.05) is 0 Å². The molecule has 4 heteroatoms. The predicted octanol–water partition coefficient (Wildman–Crippen LogP) is 2.21. The van der Waals surface area contributed by atoms with Gasteiger partial charge in [-0.05, 0) is 19.1 Å². The highest BCUT2D eigenvalue weighted by atomic mass is 16.3. The summed E-state index contributed by atoms with van der Waals surface area (Å²) in [4.78, 5) is 11.3. The molecule has 0 bridgehead atoms. The van der Waals surface area contributed by atoms with Crippen molar-refractivity contribution in [1.82, 2.24) is 0 Å². The predicted molar refractivity (Wildman–Crippen MR) is 52.6 cm³/mol. The summed E-state index contributed by atoms with van der Waals surface area (Å²) in [6.45, 7) is 1.34. The number of nitriles is 1. The van der Waals surface area contributed by atoms with E-state index in [2.05, 4.69) is 0 Å². The van der Waals surface area contributed by atoms with Crippen LogP contribution in [-0.2, 0) is 0 Å². The van der Waals surface area contributed by atoms with Crippen molar-refractivity contribution in [2.24, 2.45) is 0 Å². The highest BCUT2D eigenvalue weighted by Crippen LogP contribution is 2.29. The van der Waals surface area contributed by atoms with Crippen LogP contribution >= 0.6 is 0 Å². The van der Waals surface area contributed by atoms with Crippen molar-refractivity contribution in [3.8, 4) is 11.8 Å².